The third kappa shape index (κ3) is 2.85. The molecule has 1 aliphatic carbocycles. The third-order valence-electron chi connectivity index (χ3n) is 4.69. The van der Waals surface area contributed by atoms with Crippen molar-refractivity contribution >= 4 is 17.7 Å². The summed E-state index contributed by atoms with van der Waals surface area (Å²) in [6.07, 6.45) is 8.76. The Morgan fingerprint density at radius 1 is 1.17 bits per heavy atom. The van der Waals surface area contributed by atoms with E-state index in [2.05, 4.69) is 10.6 Å². The number of fused-ring (bicyclic) bond motifs is 1. The molecule has 102 valence electrons. The summed E-state index contributed by atoms with van der Waals surface area (Å²) in [6.45, 7) is 0. The monoisotopic (exact) mass is 268 g/mol. The smallest absolute Gasteiger partial charge is 0.237 e. The molecule has 3 aliphatic rings. The van der Waals surface area contributed by atoms with E-state index in [-0.39, 0.29) is 11.9 Å². The lowest BCUT2D eigenvalue weighted by molar-refractivity contribution is -0.123. The summed E-state index contributed by atoms with van der Waals surface area (Å²) in [6, 6.07) is 1.13. The van der Waals surface area contributed by atoms with Gasteiger partial charge < -0.3 is 10.6 Å². The van der Waals surface area contributed by atoms with Gasteiger partial charge in [0.05, 0.1) is 6.04 Å². The van der Waals surface area contributed by atoms with E-state index in [1.165, 1.54) is 37.9 Å². The van der Waals surface area contributed by atoms with Crippen molar-refractivity contribution in [2.75, 3.05) is 11.5 Å². The second-order valence-electron chi connectivity index (χ2n) is 6.03. The fraction of sp³-hybridized carbons (Fsp3) is 0.929. The number of thioether (sulfide) groups is 1. The molecular weight excluding hydrogens is 244 g/mol. The van der Waals surface area contributed by atoms with Crippen LogP contribution in [0.4, 0.5) is 0 Å². The van der Waals surface area contributed by atoms with Gasteiger partial charge in [-0.15, -0.1) is 0 Å². The fourth-order valence-corrected chi connectivity index (χ4v) is 4.75. The van der Waals surface area contributed by atoms with Crippen molar-refractivity contribution in [3.05, 3.63) is 0 Å². The molecule has 2 heterocycles. The minimum atomic E-state index is 0.0880. The van der Waals surface area contributed by atoms with Gasteiger partial charge in [-0.1, -0.05) is 12.8 Å². The van der Waals surface area contributed by atoms with Gasteiger partial charge in [0.2, 0.25) is 5.91 Å². The zero-order chi connectivity index (χ0) is 12.4. The first-order chi connectivity index (χ1) is 8.83. The SMILES string of the molecule is O=C(NC1CCCSC1)C1CC2CCCCC2N1. The summed E-state index contributed by atoms with van der Waals surface area (Å²) in [4.78, 5) is 12.3. The van der Waals surface area contributed by atoms with Crippen molar-refractivity contribution in [2.45, 2.75) is 63.1 Å². The first-order valence-corrected chi connectivity index (χ1v) is 8.62. The Morgan fingerprint density at radius 2 is 2.06 bits per heavy atom. The number of carbonyl (C=O) groups excluding carboxylic acids is 1. The summed E-state index contributed by atoms with van der Waals surface area (Å²) >= 11 is 1.97. The lowest BCUT2D eigenvalue weighted by Crippen LogP contribution is -2.48. The zero-order valence-corrected chi connectivity index (χ0v) is 11.8. The third-order valence-corrected chi connectivity index (χ3v) is 5.90. The first kappa shape index (κ1) is 12.8. The van der Waals surface area contributed by atoms with E-state index >= 15 is 0 Å². The van der Waals surface area contributed by atoms with Crippen LogP contribution in [0, 0.1) is 5.92 Å². The van der Waals surface area contributed by atoms with E-state index in [4.69, 9.17) is 0 Å². The normalized spacial score (nSPS) is 40.2. The quantitative estimate of drug-likeness (QED) is 0.804. The average molecular weight is 268 g/mol. The molecule has 2 aliphatic heterocycles. The minimum Gasteiger partial charge on any atom is -0.351 e. The number of nitrogens with one attached hydrogen (secondary N) is 2. The van der Waals surface area contributed by atoms with Crippen LogP contribution < -0.4 is 10.6 Å². The van der Waals surface area contributed by atoms with E-state index in [1.54, 1.807) is 0 Å². The fourth-order valence-electron chi connectivity index (χ4n) is 3.68. The molecule has 3 nitrogen and oxygen atoms in total. The Balaban J connectivity index is 1.50. The van der Waals surface area contributed by atoms with Crippen LogP contribution in [0.2, 0.25) is 0 Å². The Morgan fingerprint density at radius 3 is 2.83 bits per heavy atom. The Bertz CT molecular complexity index is 290. The predicted molar refractivity (Wildman–Crippen MR) is 75.8 cm³/mol. The summed E-state index contributed by atoms with van der Waals surface area (Å²) in [5.74, 6) is 3.39. The molecule has 1 amide bonds. The maximum absolute atomic E-state index is 12.3. The van der Waals surface area contributed by atoms with Crippen LogP contribution in [0.1, 0.15) is 44.9 Å². The maximum Gasteiger partial charge on any atom is 0.237 e. The van der Waals surface area contributed by atoms with Crippen LogP contribution in [0.5, 0.6) is 0 Å². The molecule has 4 unspecified atom stereocenters. The van der Waals surface area contributed by atoms with Crippen molar-refractivity contribution in [1.29, 1.82) is 0 Å². The number of carbonyl (C=O) groups is 1. The number of hydrogen-bond acceptors (Lipinski definition) is 3. The Hall–Kier alpha value is -0.220. The van der Waals surface area contributed by atoms with Crippen LogP contribution >= 0.6 is 11.8 Å². The van der Waals surface area contributed by atoms with Gasteiger partial charge in [-0.3, -0.25) is 4.79 Å². The van der Waals surface area contributed by atoms with Crippen molar-refractivity contribution in [1.82, 2.24) is 10.6 Å². The molecule has 0 aromatic rings. The number of hydrogen-bond donors (Lipinski definition) is 2. The van der Waals surface area contributed by atoms with Crippen LogP contribution in [-0.4, -0.2) is 35.5 Å². The predicted octanol–water partition coefficient (Wildman–Crippen LogP) is 1.92. The van der Waals surface area contributed by atoms with Crippen molar-refractivity contribution in [3.63, 3.8) is 0 Å². The summed E-state index contributed by atoms with van der Waals surface area (Å²) in [5.41, 5.74) is 0. The molecule has 1 saturated carbocycles. The van der Waals surface area contributed by atoms with Gasteiger partial charge in [0.15, 0.2) is 0 Å². The Kier molecular flexibility index (Phi) is 4.14. The lowest BCUT2D eigenvalue weighted by atomic mass is 9.85. The molecule has 3 fully saturated rings. The van der Waals surface area contributed by atoms with Crippen LogP contribution in [0.25, 0.3) is 0 Å². The molecule has 18 heavy (non-hydrogen) atoms. The Labute approximate surface area is 114 Å². The highest BCUT2D eigenvalue weighted by molar-refractivity contribution is 7.99. The highest BCUT2D eigenvalue weighted by Gasteiger charge is 2.38. The van der Waals surface area contributed by atoms with E-state index in [0.717, 1.165) is 24.5 Å². The average Bonchev–Trinajstić information content (AvgIpc) is 2.84. The molecule has 2 saturated heterocycles. The maximum atomic E-state index is 12.3. The molecule has 4 atom stereocenters. The standard InChI is InChI=1S/C14H24N2OS/c17-14(15-11-5-3-7-18-9-11)13-8-10-4-1-2-6-12(10)16-13/h10-13,16H,1-9H2,(H,15,17). The summed E-state index contributed by atoms with van der Waals surface area (Å²) in [7, 11) is 0. The van der Waals surface area contributed by atoms with Crippen LogP contribution in [-0.2, 0) is 4.79 Å². The molecule has 0 radical (unpaired) electrons. The highest BCUT2D eigenvalue weighted by atomic mass is 32.2. The largest absolute Gasteiger partial charge is 0.351 e. The van der Waals surface area contributed by atoms with Crippen molar-refractivity contribution in [3.8, 4) is 0 Å². The topological polar surface area (TPSA) is 41.1 Å². The molecule has 2 N–H and O–H groups in total. The summed E-state index contributed by atoms with van der Waals surface area (Å²) in [5, 5.41) is 6.81. The molecule has 0 spiro atoms. The van der Waals surface area contributed by atoms with Gasteiger partial charge in [-0.25, -0.2) is 0 Å². The van der Waals surface area contributed by atoms with Gasteiger partial charge in [-0.2, -0.15) is 11.8 Å². The number of rotatable bonds is 2. The van der Waals surface area contributed by atoms with E-state index < -0.39 is 0 Å². The van der Waals surface area contributed by atoms with Gasteiger partial charge in [0.1, 0.15) is 0 Å². The molecule has 0 aromatic carbocycles. The second-order valence-corrected chi connectivity index (χ2v) is 7.18. The van der Waals surface area contributed by atoms with Crippen LogP contribution in [0.3, 0.4) is 0 Å². The van der Waals surface area contributed by atoms with Gasteiger partial charge in [0.25, 0.3) is 0 Å². The second kappa shape index (κ2) is 5.83. The highest BCUT2D eigenvalue weighted by Crippen LogP contribution is 2.33. The van der Waals surface area contributed by atoms with Crippen molar-refractivity contribution < 1.29 is 4.79 Å². The molecule has 0 aromatic heterocycles. The minimum absolute atomic E-state index is 0.0880. The first-order valence-electron chi connectivity index (χ1n) is 7.47. The molecule has 3 rings (SSSR count). The molecule has 0 bridgehead atoms. The van der Waals surface area contributed by atoms with Gasteiger partial charge in [-0.05, 0) is 43.8 Å². The van der Waals surface area contributed by atoms with E-state index in [0.29, 0.717) is 12.1 Å². The lowest BCUT2D eigenvalue weighted by Gasteiger charge is -2.25. The van der Waals surface area contributed by atoms with Gasteiger partial charge in [0, 0.05) is 17.8 Å². The van der Waals surface area contributed by atoms with Crippen LogP contribution in [0.15, 0.2) is 0 Å². The van der Waals surface area contributed by atoms with Gasteiger partial charge >= 0.3 is 0 Å². The summed E-state index contributed by atoms with van der Waals surface area (Å²) < 4.78 is 0. The van der Waals surface area contributed by atoms with E-state index in [9.17, 15) is 4.79 Å². The molecular formula is C14H24N2OS. The van der Waals surface area contributed by atoms with E-state index in [1.807, 2.05) is 11.8 Å². The zero-order valence-electron chi connectivity index (χ0n) is 11.0. The number of amides is 1. The molecule has 4 heteroatoms. The van der Waals surface area contributed by atoms with Crippen molar-refractivity contribution in [2.24, 2.45) is 5.92 Å².